The molecule has 0 aromatic carbocycles. The van der Waals surface area contributed by atoms with Crippen LogP contribution < -0.4 is 10.6 Å². The van der Waals surface area contributed by atoms with Crippen LogP contribution in [0.2, 0.25) is 0 Å². The van der Waals surface area contributed by atoms with Crippen LogP contribution in [0.1, 0.15) is 42.7 Å². The molecular weight excluding hydrogens is 258 g/mol. The minimum Gasteiger partial charge on any atom is -0.480 e. The number of nitrogens with zero attached hydrogens (tertiary/aromatic N) is 1. The molecule has 20 heavy (non-hydrogen) atoms. The van der Waals surface area contributed by atoms with Crippen molar-refractivity contribution >= 4 is 11.9 Å². The predicted molar refractivity (Wildman–Crippen MR) is 74.8 cm³/mol. The molecule has 1 saturated heterocycles. The highest BCUT2D eigenvalue weighted by Crippen LogP contribution is 2.21. The van der Waals surface area contributed by atoms with Crippen molar-refractivity contribution in [2.45, 2.75) is 38.3 Å². The standard InChI is InChI=1S/C14H21N3O3/c1-2-11(14(19)20)16-13(18)12-4-3-9-17(12)10-5-7-15-8-6-10/h3-4,9-11,15H,2,5-8H2,1H3,(H,16,18)(H,19,20). The average Bonchev–Trinajstić information content (AvgIpc) is 2.94. The summed E-state index contributed by atoms with van der Waals surface area (Å²) in [5.41, 5.74) is 0.539. The van der Waals surface area contributed by atoms with Gasteiger partial charge in [0.2, 0.25) is 0 Å². The van der Waals surface area contributed by atoms with Gasteiger partial charge in [-0.2, -0.15) is 0 Å². The first-order chi connectivity index (χ1) is 9.63. The van der Waals surface area contributed by atoms with Crippen LogP contribution in [0, 0.1) is 0 Å². The summed E-state index contributed by atoms with van der Waals surface area (Å²) in [7, 11) is 0. The maximum atomic E-state index is 12.2. The van der Waals surface area contributed by atoms with Crippen LogP contribution in [-0.4, -0.2) is 40.7 Å². The molecule has 1 fully saturated rings. The van der Waals surface area contributed by atoms with E-state index in [0.29, 0.717) is 18.2 Å². The van der Waals surface area contributed by atoms with Crippen molar-refractivity contribution in [3.8, 4) is 0 Å². The lowest BCUT2D eigenvalue weighted by molar-refractivity contribution is -0.139. The minimum atomic E-state index is -0.999. The van der Waals surface area contributed by atoms with E-state index in [-0.39, 0.29) is 5.91 Å². The molecule has 6 nitrogen and oxygen atoms in total. The van der Waals surface area contributed by atoms with E-state index in [0.717, 1.165) is 25.9 Å². The minimum absolute atomic E-state index is 0.303. The molecule has 3 N–H and O–H groups in total. The molecule has 1 amide bonds. The van der Waals surface area contributed by atoms with Gasteiger partial charge in [0, 0.05) is 12.2 Å². The lowest BCUT2D eigenvalue weighted by Crippen LogP contribution is -2.41. The summed E-state index contributed by atoms with van der Waals surface area (Å²) in [6, 6.07) is 3.04. The summed E-state index contributed by atoms with van der Waals surface area (Å²) in [6.45, 7) is 3.62. The average molecular weight is 279 g/mol. The second-order valence-electron chi connectivity index (χ2n) is 5.05. The molecular formula is C14H21N3O3. The van der Waals surface area contributed by atoms with Crippen molar-refractivity contribution in [1.82, 2.24) is 15.2 Å². The topological polar surface area (TPSA) is 83.4 Å². The molecule has 1 aromatic heterocycles. The number of amides is 1. The van der Waals surface area contributed by atoms with Crippen molar-refractivity contribution in [1.29, 1.82) is 0 Å². The van der Waals surface area contributed by atoms with Crippen LogP contribution in [0.4, 0.5) is 0 Å². The number of rotatable bonds is 5. The highest BCUT2D eigenvalue weighted by molar-refractivity contribution is 5.95. The Morgan fingerprint density at radius 2 is 2.20 bits per heavy atom. The lowest BCUT2D eigenvalue weighted by atomic mass is 10.1. The number of hydrogen-bond acceptors (Lipinski definition) is 3. The number of carbonyl (C=O) groups is 2. The summed E-state index contributed by atoms with van der Waals surface area (Å²) in [5.74, 6) is -1.32. The van der Waals surface area contributed by atoms with Gasteiger partial charge in [0.05, 0.1) is 0 Å². The van der Waals surface area contributed by atoms with Gasteiger partial charge in [-0.25, -0.2) is 4.79 Å². The Bertz CT molecular complexity index is 478. The third-order valence-electron chi connectivity index (χ3n) is 3.73. The fourth-order valence-corrected chi connectivity index (χ4v) is 2.56. The van der Waals surface area contributed by atoms with Crippen LogP contribution in [0.3, 0.4) is 0 Å². The zero-order chi connectivity index (χ0) is 14.5. The quantitative estimate of drug-likeness (QED) is 0.751. The maximum absolute atomic E-state index is 12.2. The molecule has 0 saturated carbocycles. The molecule has 0 bridgehead atoms. The zero-order valence-corrected chi connectivity index (χ0v) is 11.6. The first-order valence-corrected chi connectivity index (χ1v) is 7.04. The van der Waals surface area contributed by atoms with Gasteiger partial charge in [-0.05, 0) is 44.5 Å². The van der Waals surface area contributed by atoms with Gasteiger partial charge < -0.3 is 20.3 Å². The van der Waals surface area contributed by atoms with Crippen LogP contribution in [0.15, 0.2) is 18.3 Å². The summed E-state index contributed by atoms with van der Waals surface area (Å²) in [6.07, 6.45) is 4.22. The van der Waals surface area contributed by atoms with Crippen molar-refractivity contribution in [2.75, 3.05) is 13.1 Å². The second-order valence-corrected chi connectivity index (χ2v) is 5.05. The van der Waals surface area contributed by atoms with Gasteiger partial charge in [-0.15, -0.1) is 0 Å². The highest BCUT2D eigenvalue weighted by Gasteiger charge is 2.23. The van der Waals surface area contributed by atoms with Crippen LogP contribution >= 0.6 is 0 Å². The second kappa shape index (κ2) is 6.56. The van der Waals surface area contributed by atoms with Crippen LogP contribution in [-0.2, 0) is 4.79 Å². The van der Waals surface area contributed by atoms with E-state index in [2.05, 4.69) is 10.6 Å². The first-order valence-electron chi connectivity index (χ1n) is 7.04. The van der Waals surface area contributed by atoms with Crippen molar-refractivity contribution in [2.24, 2.45) is 0 Å². The van der Waals surface area contributed by atoms with E-state index >= 15 is 0 Å². The Morgan fingerprint density at radius 1 is 1.50 bits per heavy atom. The normalized spacial score (nSPS) is 17.6. The summed E-state index contributed by atoms with van der Waals surface area (Å²) in [5, 5.41) is 14.9. The number of carboxylic acid groups (broad SMARTS) is 1. The molecule has 0 radical (unpaired) electrons. The molecule has 0 aliphatic carbocycles. The molecule has 1 aliphatic heterocycles. The van der Waals surface area contributed by atoms with Crippen LogP contribution in [0.5, 0.6) is 0 Å². The SMILES string of the molecule is CCC(NC(=O)c1cccn1C1CCNCC1)C(=O)O. The molecule has 2 heterocycles. The Kier molecular flexibility index (Phi) is 4.79. The van der Waals surface area contributed by atoms with Crippen molar-refractivity contribution < 1.29 is 14.7 Å². The molecule has 6 heteroatoms. The number of aliphatic carboxylic acids is 1. The predicted octanol–water partition coefficient (Wildman–Crippen LogP) is 1.01. The Balaban J connectivity index is 2.10. The number of aromatic nitrogens is 1. The smallest absolute Gasteiger partial charge is 0.326 e. The Morgan fingerprint density at radius 3 is 2.80 bits per heavy atom. The van der Waals surface area contributed by atoms with Gasteiger partial charge >= 0.3 is 5.97 Å². The summed E-state index contributed by atoms with van der Waals surface area (Å²) >= 11 is 0. The van der Waals surface area contributed by atoms with E-state index in [4.69, 9.17) is 5.11 Å². The van der Waals surface area contributed by atoms with E-state index in [9.17, 15) is 9.59 Å². The lowest BCUT2D eigenvalue weighted by Gasteiger charge is -2.26. The molecule has 110 valence electrons. The number of carbonyl (C=O) groups excluding carboxylic acids is 1. The zero-order valence-electron chi connectivity index (χ0n) is 11.6. The fraction of sp³-hybridized carbons (Fsp3) is 0.571. The van der Waals surface area contributed by atoms with Gasteiger partial charge in [-0.1, -0.05) is 6.92 Å². The first kappa shape index (κ1) is 14.6. The van der Waals surface area contributed by atoms with Gasteiger partial charge in [0.15, 0.2) is 0 Å². The molecule has 1 atom stereocenters. The largest absolute Gasteiger partial charge is 0.480 e. The van der Waals surface area contributed by atoms with Crippen molar-refractivity contribution in [3.05, 3.63) is 24.0 Å². The molecule has 1 aromatic rings. The number of nitrogens with one attached hydrogen (secondary N) is 2. The number of piperidine rings is 1. The maximum Gasteiger partial charge on any atom is 0.326 e. The molecule has 2 rings (SSSR count). The third-order valence-corrected chi connectivity index (χ3v) is 3.73. The highest BCUT2D eigenvalue weighted by atomic mass is 16.4. The summed E-state index contributed by atoms with van der Waals surface area (Å²) < 4.78 is 1.96. The Labute approximate surface area is 118 Å². The van der Waals surface area contributed by atoms with Gasteiger partial charge in [0.25, 0.3) is 5.91 Å². The third kappa shape index (κ3) is 3.19. The molecule has 1 unspecified atom stereocenters. The van der Waals surface area contributed by atoms with E-state index in [1.54, 1.807) is 13.0 Å². The van der Waals surface area contributed by atoms with Gasteiger partial charge in [-0.3, -0.25) is 4.79 Å². The summed E-state index contributed by atoms with van der Waals surface area (Å²) in [4.78, 5) is 23.2. The van der Waals surface area contributed by atoms with E-state index < -0.39 is 12.0 Å². The van der Waals surface area contributed by atoms with Crippen LogP contribution in [0.25, 0.3) is 0 Å². The molecule has 1 aliphatic rings. The monoisotopic (exact) mass is 279 g/mol. The fourth-order valence-electron chi connectivity index (χ4n) is 2.56. The Hall–Kier alpha value is -1.82. The van der Waals surface area contributed by atoms with E-state index in [1.165, 1.54) is 0 Å². The van der Waals surface area contributed by atoms with Gasteiger partial charge in [0.1, 0.15) is 11.7 Å². The number of hydrogen-bond donors (Lipinski definition) is 3. The molecule has 0 spiro atoms. The van der Waals surface area contributed by atoms with Crippen molar-refractivity contribution in [3.63, 3.8) is 0 Å². The van der Waals surface area contributed by atoms with E-state index in [1.807, 2.05) is 16.8 Å². The number of carboxylic acids is 1.